The summed E-state index contributed by atoms with van der Waals surface area (Å²) in [6.45, 7) is 5.43. The standard InChI is InChI=1S/C23H26N4O3/c1-3-30-20-7-5-19(6-8-20)27-14-18(12-22(27)28)26-23(29)24-13-16-4-9-21-17(11-16)10-15(2)25-21/h4-11,18,25H,3,12-14H2,1-2H3,(H2,24,26,29). The minimum absolute atomic E-state index is 0.00209. The van der Waals surface area contributed by atoms with E-state index in [0.717, 1.165) is 33.6 Å². The van der Waals surface area contributed by atoms with Crippen LogP contribution in [0.3, 0.4) is 0 Å². The third kappa shape index (κ3) is 4.40. The maximum atomic E-state index is 12.4. The molecule has 0 saturated carbocycles. The number of aryl methyl sites for hydroxylation is 1. The summed E-state index contributed by atoms with van der Waals surface area (Å²) < 4.78 is 5.44. The van der Waals surface area contributed by atoms with Crippen LogP contribution in [0, 0.1) is 6.92 Å². The number of benzene rings is 2. The zero-order valence-corrected chi connectivity index (χ0v) is 17.2. The Kier molecular flexibility index (Phi) is 5.61. The van der Waals surface area contributed by atoms with Crippen molar-refractivity contribution in [1.29, 1.82) is 0 Å². The largest absolute Gasteiger partial charge is 0.494 e. The van der Waals surface area contributed by atoms with Crippen LogP contribution in [0.15, 0.2) is 48.5 Å². The average Bonchev–Trinajstić information content (AvgIpc) is 3.28. The number of H-pyrrole nitrogens is 1. The normalized spacial score (nSPS) is 16.1. The second kappa shape index (κ2) is 8.49. The first-order valence-electron chi connectivity index (χ1n) is 10.2. The molecule has 0 radical (unpaired) electrons. The molecule has 0 aliphatic carbocycles. The Labute approximate surface area is 175 Å². The molecule has 1 aliphatic heterocycles. The molecule has 1 saturated heterocycles. The van der Waals surface area contributed by atoms with Gasteiger partial charge in [0.05, 0.1) is 12.6 Å². The molecule has 30 heavy (non-hydrogen) atoms. The number of nitrogens with zero attached hydrogens (tertiary/aromatic N) is 1. The molecular formula is C23H26N4O3. The van der Waals surface area contributed by atoms with E-state index in [9.17, 15) is 9.59 Å². The Hall–Kier alpha value is -3.48. The van der Waals surface area contributed by atoms with Crippen molar-refractivity contribution in [3.8, 4) is 5.75 Å². The first kappa shape index (κ1) is 19.8. The van der Waals surface area contributed by atoms with Crippen molar-refractivity contribution >= 4 is 28.5 Å². The molecule has 1 atom stereocenters. The number of nitrogens with one attached hydrogen (secondary N) is 3. The van der Waals surface area contributed by atoms with Crippen LogP contribution >= 0.6 is 0 Å². The lowest BCUT2D eigenvalue weighted by molar-refractivity contribution is -0.117. The van der Waals surface area contributed by atoms with Crippen LogP contribution in [0.1, 0.15) is 24.6 Å². The van der Waals surface area contributed by atoms with Gasteiger partial charge in [-0.15, -0.1) is 0 Å². The highest BCUT2D eigenvalue weighted by molar-refractivity contribution is 5.96. The summed E-state index contributed by atoms with van der Waals surface area (Å²) in [5, 5.41) is 6.92. The molecule has 3 aromatic rings. The van der Waals surface area contributed by atoms with Gasteiger partial charge in [0, 0.05) is 36.4 Å². The van der Waals surface area contributed by atoms with E-state index < -0.39 is 0 Å². The summed E-state index contributed by atoms with van der Waals surface area (Å²) in [7, 11) is 0. The predicted molar refractivity (Wildman–Crippen MR) is 117 cm³/mol. The molecule has 3 amide bonds. The SMILES string of the molecule is CCOc1ccc(N2CC(NC(=O)NCc3ccc4[nH]c(C)cc4c3)CC2=O)cc1. The molecular weight excluding hydrogens is 380 g/mol. The monoisotopic (exact) mass is 406 g/mol. The molecule has 2 aromatic carbocycles. The topological polar surface area (TPSA) is 86.5 Å². The zero-order valence-electron chi connectivity index (χ0n) is 17.2. The molecule has 0 spiro atoms. The third-order valence-corrected chi connectivity index (χ3v) is 5.19. The number of carbonyl (C=O) groups is 2. The minimum atomic E-state index is -0.272. The number of anilines is 1. The second-order valence-corrected chi connectivity index (χ2v) is 7.53. The first-order chi connectivity index (χ1) is 14.5. The highest BCUT2D eigenvalue weighted by Crippen LogP contribution is 2.24. The summed E-state index contributed by atoms with van der Waals surface area (Å²) in [5.41, 5.74) is 4.02. The van der Waals surface area contributed by atoms with E-state index in [2.05, 4.69) is 27.8 Å². The smallest absolute Gasteiger partial charge is 0.315 e. The molecule has 2 heterocycles. The van der Waals surface area contributed by atoms with Gasteiger partial charge in [-0.1, -0.05) is 6.07 Å². The highest BCUT2D eigenvalue weighted by Gasteiger charge is 2.31. The lowest BCUT2D eigenvalue weighted by atomic mass is 10.1. The Morgan fingerprint density at radius 2 is 2.00 bits per heavy atom. The summed E-state index contributed by atoms with van der Waals surface area (Å²) in [6, 6.07) is 15.1. The van der Waals surface area contributed by atoms with Gasteiger partial charge in [-0.05, 0) is 67.3 Å². The molecule has 0 bridgehead atoms. The van der Waals surface area contributed by atoms with Crippen LogP contribution in [0.25, 0.3) is 10.9 Å². The Bertz CT molecular complexity index is 1060. The minimum Gasteiger partial charge on any atom is -0.494 e. The Balaban J connectivity index is 1.30. The fraction of sp³-hybridized carbons (Fsp3) is 0.304. The number of hydrogen-bond donors (Lipinski definition) is 3. The first-order valence-corrected chi connectivity index (χ1v) is 10.2. The number of aromatic amines is 1. The molecule has 4 rings (SSSR count). The van der Waals surface area contributed by atoms with Gasteiger partial charge in [-0.25, -0.2) is 4.79 Å². The van der Waals surface area contributed by atoms with Gasteiger partial charge in [0.15, 0.2) is 0 Å². The Morgan fingerprint density at radius 1 is 1.20 bits per heavy atom. The van der Waals surface area contributed by atoms with Gasteiger partial charge in [0.25, 0.3) is 0 Å². The van der Waals surface area contributed by atoms with Gasteiger partial charge in [-0.3, -0.25) is 4.79 Å². The quantitative estimate of drug-likeness (QED) is 0.586. The van der Waals surface area contributed by atoms with Crippen molar-refractivity contribution in [3.63, 3.8) is 0 Å². The van der Waals surface area contributed by atoms with E-state index in [0.29, 0.717) is 19.7 Å². The van der Waals surface area contributed by atoms with E-state index in [1.807, 2.05) is 50.2 Å². The van der Waals surface area contributed by atoms with Gasteiger partial charge >= 0.3 is 6.03 Å². The molecule has 1 aliphatic rings. The van der Waals surface area contributed by atoms with Crippen molar-refractivity contribution in [2.45, 2.75) is 32.9 Å². The predicted octanol–water partition coefficient (Wildman–Crippen LogP) is 3.48. The van der Waals surface area contributed by atoms with Gasteiger partial charge in [0.2, 0.25) is 5.91 Å². The zero-order chi connectivity index (χ0) is 21.1. The van der Waals surface area contributed by atoms with Crippen molar-refractivity contribution in [3.05, 3.63) is 59.8 Å². The molecule has 1 unspecified atom stereocenters. The second-order valence-electron chi connectivity index (χ2n) is 7.53. The van der Waals surface area contributed by atoms with Crippen LogP contribution in [0.5, 0.6) is 5.75 Å². The van der Waals surface area contributed by atoms with Crippen molar-refractivity contribution in [1.82, 2.24) is 15.6 Å². The van der Waals surface area contributed by atoms with Crippen molar-refractivity contribution < 1.29 is 14.3 Å². The van der Waals surface area contributed by atoms with Crippen molar-refractivity contribution in [2.24, 2.45) is 0 Å². The average molecular weight is 406 g/mol. The van der Waals surface area contributed by atoms with E-state index >= 15 is 0 Å². The van der Waals surface area contributed by atoms with Crippen molar-refractivity contribution in [2.75, 3.05) is 18.1 Å². The molecule has 7 nitrogen and oxygen atoms in total. The maximum absolute atomic E-state index is 12.4. The number of rotatable bonds is 6. The van der Waals surface area contributed by atoms with E-state index in [1.165, 1.54) is 0 Å². The number of fused-ring (bicyclic) bond motifs is 1. The summed E-state index contributed by atoms with van der Waals surface area (Å²) in [4.78, 5) is 29.7. The number of urea groups is 1. The highest BCUT2D eigenvalue weighted by atomic mass is 16.5. The maximum Gasteiger partial charge on any atom is 0.315 e. The Morgan fingerprint density at radius 3 is 2.77 bits per heavy atom. The van der Waals surface area contributed by atoms with Gasteiger partial charge < -0.3 is 25.3 Å². The number of hydrogen-bond acceptors (Lipinski definition) is 3. The third-order valence-electron chi connectivity index (χ3n) is 5.19. The summed E-state index contributed by atoms with van der Waals surface area (Å²) in [6.07, 6.45) is 0.287. The van der Waals surface area contributed by atoms with E-state index in [4.69, 9.17) is 4.74 Å². The molecule has 3 N–H and O–H groups in total. The van der Waals surface area contributed by atoms with Crippen LogP contribution in [0.2, 0.25) is 0 Å². The fourth-order valence-corrected chi connectivity index (χ4v) is 3.80. The van der Waals surface area contributed by atoms with Gasteiger partial charge in [0.1, 0.15) is 5.75 Å². The van der Waals surface area contributed by atoms with Gasteiger partial charge in [-0.2, -0.15) is 0 Å². The number of carbonyl (C=O) groups excluding carboxylic acids is 2. The van der Waals surface area contributed by atoms with E-state index in [1.54, 1.807) is 4.90 Å². The lowest BCUT2D eigenvalue weighted by Crippen LogP contribution is -2.43. The molecule has 1 fully saturated rings. The summed E-state index contributed by atoms with van der Waals surface area (Å²) >= 11 is 0. The van der Waals surface area contributed by atoms with E-state index in [-0.39, 0.29) is 24.4 Å². The lowest BCUT2D eigenvalue weighted by Gasteiger charge is -2.18. The number of ether oxygens (including phenoxy) is 1. The summed E-state index contributed by atoms with van der Waals surface area (Å²) in [5.74, 6) is 0.771. The van der Waals surface area contributed by atoms with Crippen LogP contribution in [-0.2, 0) is 11.3 Å². The van der Waals surface area contributed by atoms with Crippen LogP contribution < -0.4 is 20.3 Å². The number of aromatic nitrogens is 1. The molecule has 7 heteroatoms. The molecule has 1 aromatic heterocycles. The molecule has 156 valence electrons. The number of amides is 3. The van der Waals surface area contributed by atoms with Crippen LogP contribution in [0.4, 0.5) is 10.5 Å². The fourth-order valence-electron chi connectivity index (χ4n) is 3.80. The van der Waals surface area contributed by atoms with Crippen LogP contribution in [-0.4, -0.2) is 36.1 Å².